The third-order valence-electron chi connectivity index (χ3n) is 4.32. The Labute approximate surface area is 148 Å². The number of nitrogens with zero attached hydrogens (tertiary/aromatic N) is 2. The highest BCUT2D eigenvalue weighted by atomic mass is 32.2. The van der Waals surface area contributed by atoms with Crippen molar-refractivity contribution in [3.8, 4) is 0 Å². The van der Waals surface area contributed by atoms with Crippen LogP contribution in [0.15, 0.2) is 29.2 Å². The van der Waals surface area contributed by atoms with Gasteiger partial charge in [0.25, 0.3) is 0 Å². The summed E-state index contributed by atoms with van der Waals surface area (Å²) < 4.78 is 26.6. The molecule has 1 saturated heterocycles. The second-order valence-corrected chi connectivity index (χ2v) is 8.01. The molecule has 25 heavy (non-hydrogen) atoms. The second kappa shape index (κ2) is 8.44. The minimum Gasteiger partial charge on any atom is -0.478 e. The fraction of sp³-hybridized carbons (Fsp3) is 0.529. The summed E-state index contributed by atoms with van der Waals surface area (Å²) in [5.41, 5.74) is 0.0430. The van der Waals surface area contributed by atoms with Crippen molar-refractivity contribution >= 4 is 21.9 Å². The standard InChI is InChI=1S/C17H24N2O5S/c1-2-3-4-5-16(20)18-10-12-19(13-11-18)25(23,24)15-8-6-14(7-9-15)17(21)22/h6-9H,2-5,10-13H2,1H3,(H,21,22). The van der Waals surface area contributed by atoms with Gasteiger partial charge in [0.1, 0.15) is 0 Å². The smallest absolute Gasteiger partial charge is 0.335 e. The van der Waals surface area contributed by atoms with Crippen LogP contribution < -0.4 is 0 Å². The number of amides is 1. The number of carboxylic acid groups (broad SMARTS) is 1. The Kier molecular flexibility index (Phi) is 6.55. The number of unbranched alkanes of at least 4 members (excludes halogenated alkanes) is 2. The number of carbonyl (C=O) groups excluding carboxylic acids is 1. The van der Waals surface area contributed by atoms with Crippen LogP contribution in [0, 0.1) is 0 Å². The topological polar surface area (TPSA) is 95.0 Å². The van der Waals surface area contributed by atoms with Crippen molar-refractivity contribution in [3.63, 3.8) is 0 Å². The zero-order chi connectivity index (χ0) is 18.4. The first-order chi connectivity index (χ1) is 11.9. The van der Waals surface area contributed by atoms with Crippen LogP contribution in [0.2, 0.25) is 0 Å². The number of aromatic carboxylic acids is 1. The van der Waals surface area contributed by atoms with Crippen molar-refractivity contribution in [2.45, 2.75) is 37.5 Å². The number of piperazine rings is 1. The van der Waals surface area contributed by atoms with E-state index in [1.807, 2.05) is 0 Å². The summed E-state index contributed by atoms with van der Waals surface area (Å²) >= 11 is 0. The van der Waals surface area contributed by atoms with Crippen molar-refractivity contribution in [1.82, 2.24) is 9.21 Å². The van der Waals surface area contributed by atoms with E-state index in [1.54, 1.807) is 4.90 Å². The number of carboxylic acids is 1. The Morgan fingerprint density at radius 3 is 2.16 bits per heavy atom. The third-order valence-corrected chi connectivity index (χ3v) is 6.24. The van der Waals surface area contributed by atoms with E-state index < -0.39 is 16.0 Å². The molecule has 0 unspecified atom stereocenters. The second-order valence-electron chi connectivity index (χ2n) is 6.07. The van der Waals surface area contributed by atoms with Crippen LogP contribution in [0.25, 0.3) is 0 Å². The molecule has 0 spiro atoms. The molecule has 0 radical (unpaired) electrons. The molecule has 0 saturated carbocycles. The molecular formula is C17H24N2O5S. The van der Waals surface area contributed by atoms with E-state index in [-0.39, 0.29) is 29.5 Å². The van der Waals surface area contributed by atoms with E-state index in [4.69, 9.17) is 5.11 Å². The van der Waals surface area contributed by atoms with Gasteiger partial charge in [-0.3, -0.25) is 4.79 Å². The van der Waals surface area contributed by atoms with Gasteiger partial charge in [-0.05, 0) is 30.7 Å². The van der Waals surface area contributed by atoms with Gasteiger partial charge in [-0.15, -0.1) is 0 Å². The number of hydrogen-bond acceptors (Lipinski definition) is 4. The maximum absolute atomic E-state index is 12.6. The van der Waals surface area contributed by atoms with Crippen LogP contribution >= 0.6 is 0 Å². The molecule has 0 atom stereocenters. The lowest BCUT2D eigenvalue weighted by atomic mass is 10.2. The minimum absolute atomic E-state index is 0.0430. The largest absolute Gasteiger partial charge is 0.478 e. The maximum atomic E-state index is 12.6. The molecule has 1 aliphatic heterocycles. The molecule has 1 aliphatic rings. The number of rotatable bonds is 7. The summed E-state index contributed by atoms with van der Waals surface area (Å²) in [6.45, 7) is 3.36. The lowest BCUT2D eigenvalue weighted by molar-refractivity contribution is -0.132. The summed E-state index contributed by atoms with van der Waals surface area (Å²) in [5, 5.41) is 8.89. The first kappa shape index (κ1) is 19.4. The van der Waals surface area contributed by atoms with Gasteiger partial charge in [-0.25, -0.2) is 13.2 Å². The number of hydrogen-bond donors (Lipinski definition) is 1. The Morgan fingerprint density at radius 1 is 1.04 bits per heavy atom. The molecular weight excluding hydrogens is 344 g/mol. The Morgan fingerprint density at radius 2 is 1.64 bits per heavy atom. The summed E-state index contributed by atoms with van der Waals surface area (Å²) in [6.07, 6.45) is 3.45. The predicted octanol–water partition coefficient (Wildman–Crippen LogP) is 1.80. The SMILES string of the molecule is CCCCCC(=O)N1CCN(S(=O)(=O)c2ccc(C(=O)O)cc2)CC1. The van der Waals surface area contributed by atoms with Crippen molar-refractivity contribution in [2.24, 2.45) is 0 Å². The van der Waals surface area contributed by atoms with E-state index >= 15 is 0 Å². The first-order valence-electron chi connectivity index (χ1n) is 8.47. The summed E-state index contributed by atoms with van der Waals surface area (Å²) in [5.74, 6) is -1.02. The quantitative estimate of drug-likeness (QED) is 0.741. The van der Waals surface area contributed by atoms with Gasteiger partial charge in [0, 0.05) is 32.6 Å². The number of carbonyl (C=O) groups is 2. The normalized spacial score (nSPS) is 16.0. The van der Waals surface area contributed by atoms with Crippen LogP contribution in [0.3, 0.4) is 0 Å². The summed E-state index contributed by atoms with van der Waals surface area (Å²) in [6, 6.07) is 5.17. The molecule has 1 fully saturated rings. The van der Waals surface area contributed by atoms with E-state index in [2.05, 4.69) is 6.92 Å². The minimum atomic E-state index is -3.67. The van der Waals surface area contributed by atoms with Gasteiger partial charge in [0.05, 0.1) is 10.5 Å². The Balaban J connectivity index is 1.96. The maximum Gasteiger partial charge on any atom is 0.335 e. The highest BCUT2D eigenvalue weighted by Crippen LogP contribution is 2.19. The fourth-order valence-electron chi connectivity index (χ4n) is 2.78. The molecule has 0 aliphatic carbocycles. The van der Waals surface area contributed by atoms with E-state index in [0.717, 1.165) is 19.3 Å². The van der Waals surface area contributed by atoms with Gasteiger partial charge in [-0.1, -0.05) is 19.8 Å². The van der Waals surface area contributed by atoms with E-state index in [0.29, 0.717) is 19.5 Å². The highest BCUT2D eigenvalue weighted by Gasteiger charge is 2.29. The molecule has 1 aromatic rings. The van der Waals surface area contributed by atoms with Crippen molar-refractivity contribution in [2.75, 3.05) is 26.2 Å². The van der Waals surface area contributed by atoms with Crippen LogP contribution in [-0.4, -0.2) is 60.8 Å². The van der Waals surface area contributed by atoms with E-state index in [1.165, 1.54) is 28.6 Å². The van der Waals surface area contributed by atoms with Gasteiger partial charge < -0.3 is 10.0 Å². The van der Waals surface area contributed by atoms with Crippen molar-refractivity contribution in [3.05, 3.63) is 29.8 Å². The molecule has 1 heterocycles. The summed E-state index contributed by atoms with van der Waals surface area (Å²) in [7, 11) is -3.67. The van der Waals surface area contributed by atoms with Crippen molar-refractivity contribution < 1.29 is 23.1 Å². The van der Waals surface area contributed by atoms with Gasteiger partial charge in [0.2, 0.25) is 15.9 Å². The Hall–Kier alpha value is -1.93. The average Bonchev–Trinajstić information content (AvgIpc) is 2.62. The van der Waals surface area contributed by atoms with Crippen molar-refractivity contribution in [1.29, 1.82) is 0 Å². The molecule has 2 rings (SSSR count). The monoisotopic (exact) mass is 368 g/mol. The van der Waals surface area contributed by atoms with Gasteiger partial charge >= 0.3 is 5.97 Å². The lowest BCUT2D eigenvalue weighted by Crippen LogP contribution is -2.50. The van der Waals surface area contributed by atoms with Gasteiger partial charge in [0.15, 0.2) is 0 Å². The van der Waals surface area contributed by atoms with Crippen LogP contribution in [0.1, 0.15) is 43.0 Å². The molecule has 1 N–H and O–H groups in total. The van der Waals surface area contributed by atoms with E-state index in [9.17, 15) is 18.0 Å². The van der Waals surface area contributed by atoms with Crippen LogP contribution in [0.5, 0.6) is 0 Å². The van der Waals surface area contributed by atoms with Gasteiger partial charge in [-0.2, -0.15) is 4.31 Å². The zero-order valence-corrected chi connectivity index (χ0v) is 15.2. The fourth-order valence-corrected chi connectivity index (χ4v) is 4.20. The molecule has 1 aromatic carbocycles. The molecule has 0 aromatic heterocycles. The first-order valence-corrected chi connectivity index (χ1v) is 9.91. The van der Waals surface area contributed by atoms with Crippen LogP contribution in [-0.2, 0) is 14.8 Å². The molecule has 8 heteroatoms. The molecule has 1 amide bonds. The number of benzene rings is 1. The molecule has 138 valence electrons. The molecule has 0 bridgehead atoms. The Bertz CT molecular complexity index is 707. The summed E-state index contributed by atoms with van der Waals surface area (Å²) in [4.78, 5) is 24.8. The zero-order valence-electron chi connectivity index (χ0n) is 14.3. The third kappa shape index (κ3) is 4.79. The number of sulfonamides is 1. The average molecular weight is 368 g/mol. The lowest BCUT2D eigenvalue weighted by Gasteiger charge is -2.34. The predicted molar refractivity (Wildman–Crippen MR) is 92.9 cm³/mol. The highest BCUT2D eigenvalue weighted by molar-refractivity contribution is 7.89. The molecule has 7 nitrogen and oxygen atoms in total. The van der Waals surface area contributed by atoms with Crippen LogP contribution in [0.4, 0.5) is 0 Å².